The molecule has 1 aliphatic heterocycles. The fourth-order valence-corrected chi connectivity index (χ4v) is 2.84. The molecule has 22 heavy (non-hydrogen) atoms. The van der Waals surface area contributed by atoms with Crippen molar-refractivity contribution in [1.29, 1.82) is 0 Å². The highest BCUT2D eigenvalue weighted by atomic mass is 15.3. The van der Waals surface area contributed by atoms with Gasteiger partial charge >= 0.3 is 0 Å². The number of piperazine rings is 1. The number of anilines is 2. The van der Waals surface area contributed by atoms with Gasteiger partial charge in [0.25, 0.3) is 0 Å². The Hall–Kier alpha value is -2.07. The summed E-state index contributed by atoms with van der Waals surface area (Å²) < 4.78 is 0. The van der Waals surface area contributed by atoms with Crippen LogP contribution in [0.25, 0.3) is 0 Å². The predicted molar refractivity (Wildman–Crippen MR) is 92.3 cm³/mol. The summed E-state index contributed by atoms with van der Waals surface area (Å²) in [6.45, 7) is 8.73. The molecule has 0 aliphatic carbocycles. The van der Waals surface area contributed by atoms with Crippen molar-refractivity contribution in [1.82, 2.24) is 9.88 Å². The molecule has 1 aromatic carbocycles. The number of nitrogens with zero attached hydrogens (tertiary/aromatic N) is 3. The van der Waals surface area contributed by atoms with Gasteiger partial charge in [0.1, 0.15) is 0 Å². The molecule has 2 heterocycles. The van der Waals surface area contributed by atoms with Crippen LogP contribution < -0.4 is 10.2 Å². The Labute approximate surface area is 132 Å². The number of likely N-dealkylation sites (N-methyl/N-ethyl adjacent to an activating group) is 1. The third kappa shape index (κ3) is 3.77. The van der Waals surface area contributed by atoms with Crippen LogP contribution in [0.3, 0.4) is 0 Å². The van der Waals surface area contributed by atoms with Crippen LogP contribution >= 0.6 is 0 Å². The van der Waals surface area contributed by atoms with E-state index in [0.717, 1.165) is 39.3 Å². The molecular formula is C18H24N4. The number of hydrogen-bond acceptors (Lipinski definition) is 4. The van der Waals surface area contributed by atoms with E-state index in [1.54, 1.807) is 6.20 Å². The van der Waals surface area contributed by atoms with Crippen molar-refractivity contribution in [2.45, 2.75) is 13.5 Å². The highest BCUT2D eigenvalue weighted by Gasteiger charge is 2.15. The third-order valence-electron chi connectivity index (χ3n) is 4.25. The zero-order chi connectivity index (χ0) is 15.2. The molecule has 4 nitrogen and oxygen atoms in total. The first kappa shape index (κ1) is 14.9. The normalized spacial score (nSPS) is 15.8. The number of hydrogen-bond donors (Lipinski definition) is 1. The van der Waals surface area contributed by atoms with Crippen molar-refractivity contribution in [2.75, 3.05) is 42.9 Å². The van der Waals surface area contributed by atoms with Crippen LogP contribution in [0, 0.1) is 0 Å². The number of pyridine rings is 1. The Bertz CT molecular complexity index is 577. The number of benzene rings is 1. The second-order valence-electron chi connectivity index (χ2n) is 5.69. The van der Waals surface area contributed by atoms with Crippen molar-refractivity contribution in [2.24, 2.45) is 0 Å². The fraction of sp³-hybridized carbons (Fsp3) is 0.389. The van der Waals surface area contributed by atoms with Crippen molar-refractivity contribution in [3.8, 4) is 0 Å². The Morgan fingerprint density at radius 3 is 2.68 bits per heavy atom. The molecule has 116 valence electrons. The average Bonchev–Trinajstić information content (AvgIpc) is 2.61. The van der Waals surface area contributed by atoms with Crippen molar-refractivity contribution < 1.29 is 0 Å². The monoisotopic (exact) mass is 296 g/mol. The van der Waals surface area contributed by atoms with E-state index in [1.165, 1.54) is 16.9 Å². The van der Waals surface area contributed by atoms with Gasteiger partial charge < -0.3 is 15.1 Å². The third-order valence-corrected chi connectivity index (χ3v) is 4.25. The Morgan fingerprint density at radius 1 is 1.09 bits per heavy atom. The van der Waals surface area contributed by atoms with E-state index in [9.17, 15) is 0 Å². The van der Waals surface area contributed by atoms with E-state index in [0.29, 0.717) is 0 Å². The molecule has 0 saturated carbocycles. The summed E-state index contributed by atoms with van der Waals surface area (Å²) in [6.07, 6.45) is 3.71. The fourth-order valence-electron chi connectivity index (χ4n) is 2.84. The molecular weight excluding hydrogens is 272 g/mol. The lowest BCUT2D eigenvalue weighted by atomic mass is 10.2. The largest absolute Gasteiger partial charge is 0.381 e. The second kappa shape index (κ2) is 7.27. The molecule has 1 saturated heterocycles. The van der Waals surface area contributed by atoms with E-state index in [-0.39, 0.29) is 0 Å². The Balaban J connectivity index is 1.60. The lowest BCUT2D eigenvalue weighted by molar-refractivity contribution is 0.271. The van der Waals surface area contributed by atoms with Gasteiger partial charge in [0.15, 0.2) is 0 Å². The molecule has 0 amide bonds. The minimum absolute atomic E-state index is 0.806. The van der Waals surface area contributed by atoms with Crippen LogP contribution in [0.5, 0.6) is 0 Å². The Kier molecular flexibility index (Phi) is 4.91. The van der Waals surface area contributed by atoms with E-state index in [4.69, 9.17) is 0 Å². The topological polar surface area (TPSA) is 31.4 Å². The van der Waals surface area contributed by atoms with Gasteiger partial charge in [0, 0.05) is 56.5 Å². The maximum absolute atomic E-state index is 4.15. The maximum atomic E-state index is 4.15. The predicted octanol–water partition coefficient (Wildman–Crippen LogP) is 2.84. The minimum atomic E-state index is 0.806. The molecule has 1 N–H and O–H groups in total. The maximum Gasteiger partial charge on any atom is 0.0416 e. The molecule has 1 aromatic heterocycles. The van der Waals surface area contributed by atoms with Gasteiger partial charge in [-0.05, 0) is 36.4 Å². The first-order valence-electron chi connectivity index (χ1n) is 8.05. The van der Waals surface area contributed by atoms with Crippen LogP contribution in [-0.2, 0) is 6.54 Å². The molecule has 4 heteroatoms. The summed E-state index contributed by atoms with van der Waals surface area (Å²) in [4.78, 5) is 9.12. The lowest BCUT2D eigenvalue weighted by Crippen LogP contribution is -2.46. The summed E-state index contributed by atoms with van der Waals surface area (Å²) >= 11 is 0. The number of rotatable bonds is 5. The highest BCUT2D eigenvalue weighted by molar-refractivity contribution is 5.58. The number of aromatic nitrogens is 1. The van der Waals surface area contributed by atoms with Crippen LogP contribution in [0.4, 0.5) is 11.4 Å². The van der Waals surface area contributed by atoms with Gasteiger partial charge in [-0.25, -0.2) is 0 Å². The molecule has 0 atom stereocenters. The summed E-state index contributed by atoms with van der Waals surface area (Å²) in [5.74, 6) is 0. The molecule has 0 bridgehead atoms. The zero-order valence-corrected chi connectivity index (χ0v) is 13.2. The summed E-state index contributed by atoms with van der Waals surface area (Å²) in [6, 6.07) is 12.8. The first-order chi connectivity index (χ1) is 10.8. The van der Waals surface area contributed by atoms with Crippen molar-refractivity contribution >= 4 is 11.4 Å². The number of nitrogens with one attached hydrogen (secondary N) is 1. The minimum Gasteiger partial charge on any atom is -0.381 e. The quantitative estimate of drug-likeness (QED) is 0.919. The van der Waals surface area contributed by atoms with E-state index in [2.05, 4.69) is 57.4 Å². The van der Waals surface area contributed by atoms with Crippen LogP contribution in [0.1, 0.15) is 12.5 Å². The van der Waals surface area contributed by atoms with E-state index >= 15 is 0 Å². The van der Waals surface area contributed by atoms with Gasteiger partial charge in [-0.2, -0.15) is 0 Å². The van der Waals surface area contributed by atoms with Gasteiger partial charge in [0.2, 0.25) is 0 Å². The Morgan fingerprint density at radius 2 is 1.95 bits per heavy atom. The van der Waals surface area contributed by atoms with E-state index < -0.39 is 0 Å². The molecule has 0 unspecified atom stereocenters. The second-order valence-corrected chi connectivity index (χ2v) is 5.69. The molecule has 3 rings (SSSR count). The molecule has 1 aliphatic rings. The zero-order valence-electron chi connectivity index (χ0n) is 13.2. The smallest absolute Gasteiger partial charge is 0.0416 e. The summed E-state index contributed by atoms with van der Waals surface area (Å²) in [7, 11) is 0. The molecule has 2 aromatic rings. The average molecular weight is 296 g/mol. The van der Waals surface area contributed by atoms with Gasteiger partial charge in [-0.1, -0.05) is 19.1 Å². The van der Waals surface area contributed by atoms with Gasteiger partial charge in [0.05, 0.1) is 0 Å². The van der Waals surface area contributed by atoms with Crippen LogP contribution in [-0.4, -0.2) is 42.6 Å². The highest BCUT2D eigenvalue weighted by Crippen LogP contribution is 2.21. The molecule has 0 spiro atoms. The standard InChI is InChI=1S/C18H24N4/c1-2-21-9-11-22(12-10-21)18-7-3-6-17(13-18)20-15-16-5-4-8-19-14-16/h3-8,13-14,20H,2,9-12,15H2,1H3. The molecule has 0 radical (unpaired) electrons. The van der Waals surface area contributed by atoms with Crippen molar-refractivity contribution in [3.63, 3.8) is 0 Å². The first-order valence-corrected chi connectivity index (χ1v) is 8.05. The van der Waals surface area contributed by atoms with Crippen LogP contribution in [0.2, 0.25) is 0 Å². The molecule has 1 fully saturated rings. The van der Waals surface area contributed by atoms with Crippen molar-refractivity contribution in [3.05, 3.63) is 54.4 Å². The van der Waals surface area contributed by atoms with Gasteiger partial charge in [-0.3, -0.25) is 4.98 Å². The van der Waals surface area contributed by atoms with Gasteiger partial charge in [-0.15, -0.1) is 0 Å². The SMILES string of the molecule is CCN1CCN(c2cccc(NCc3cccnc3)c2)CC1. The van der Waals surface area contributed by atoms with E-state index in [1.807, 2.05) is 12.3 Å². The van der Waals surface area contributed by atoms with Crippen LogP contribution in [0.15, 0.2) is 48.8 Å². The lowest BCUT2D eigenvalue weighted by Gasteiger charge is -2.35. The summed E-state index contributed by atoms with van der Waals surface area (Å²) in [5, 5.41) is 3.48. The summed E-state index contributed by atoms with van der Waals surface area (Å²) in [5.41, 5.74) is 3.68.